The Bertz CT molecular complexity index is 282. The SMILES string of the molecule is C=CC(F)(F)c1ccc(I)nc1. The quantitative estimate of drug-likeness (QED) is 0.461. The summed E-state index contributed by atoms with van der Waals surface area (Å²) in [7, 11) is 0. The number of hydrogen-bond acceptors (Lipinski definition) is 1. The van der Waals surface area contributed by atoms with Gasteiger partial charge in [-0.15, -0.1) is 0 Å². The number of alkyl halides is 2. The van der Waals surface area contributed by atoms with E-state index in [9.17, 15) is 8.78 Å². The van der Waals surface area contributed by atoms with Crippen molar-refractivity contribution in [2.75, 3.05) is 0 Å². The zero-order valence-corrected chi connectivity index (χ0v) is 8.26. The monoisotopic (exact) mass is 281 g/mol. The Balaban J connectivity index is 3.04. The number of rotatable bonds is 2. The molecule has 0 atom stereocenters. The first-order valence-electron chi connectivity index (χ1n) is 3.20. The number of allylic oxidation sites excluding steroid dienone is 1. The van der Waals surface area contributed by atoms with E-state index in [4.69, 9.17) is 0 Å². The lowest BCUT2D eigenvalue weighted by Crippen LogP contribution is -2.09. The van der Waals surface area contributed by atoms with Gasteiger partial charge in [0.05, 0.1) is 0 Å². The number of halogens is 3. The molecule has 0 saturated heterocycles. The molecule has 1 heterocycles. The summed E-state index contributed by atoms with van der Waals surface area (Å²) >= 11 is 1.95. The van der Waals surface area contributed by atoms with Gasteiger partial charge in [-0.25, -0.2) is 4.98 Å². The Morgan fingerprint density at radius 2 is 2.17 bits per heavy atom. The van der Waals surface area contributed by atoms with Gasteiger partial charge in [-0.1, -0.05) is 6.58 Å². The predicted octanol–water partition coefficient (Wildman–Crippen LogP) is 2.96. The first kappa shape index (κ1) is 9.57. The molecule has 0 bridgehead atoms. The molecule has 1 aromatic heterocycles. The van der Waals surface area contributed by atoms with E-state index in [1.807, 2.05) is 22.6 Å². The highest BCUT2D eigenvalue weighted by molar-refractivity contribution is 14.1. The Morgan fingerprint density at radius 1 is 1.50 bits per heavy atom. The highest BCUT2D eigenvalue weighted by atomic mass is 127. The first-order valence-corrected chi connectivity index (χ1v) is 4.27. The van der Waals surface area contributed by atoms with E-state index >= 15 is 0 Å². The van der Waals surface area contributed by atoms with Crippen LogP contribution in [0.2, 0.25) is 0 Å². The first-order chi connectivity index (χ1) is 5.56. The summed E-state index contributed by atoms with van der Waals surface area (Å²) in [5.74, 6) is -2.97. The van der Waals surface area contributed by atoms with Crippen molar-refractivity contribution in [1.29, 1.82) is 0 Å². The maximum atomic E-state index is 12.9. The summed E-state index contributed by atoms with van der Waals surface area (Å²) in [5.41, 5.74) is -0.127. The Kier molecular flexibility index (Phi) is 2.76. The lowest BCUT2D eigenvalue weighted by Gasteiger charge is -2.10. The minimum absolute atomic E-state index is 0.127. The number of nitrogens with zero attached hydrogens (tertiary/aromatic N) is 1. The van der Waals surface area contributed by atoms with E-state index in [0.29, 0.717) is 9.78 Å². The van der Waals surface area contributed by atoms with Crippen molar-refractivity contribution in [3.8, 4) is 0 Å². The summed E-state index contributed by atoms with van der Waals surface area (Å²) < 4.78 is 26.4. The highest BCUT2D eigenvalue weighted by Gasteiger charge is 2.26. The zero-order valence-electron chi connectivity index (χ0n) is 6.10. The van der Waals surface area contributed by atoms with Crippen LogP contribution in [0.3, 0.4) is 0 Å². The standard InChI is InChI=1S/C8H6F2IN/c1-2-8(9,10)6-3-4-7(11)12-5-6/h2-5H,1H2. The van der Waals surface area contributed by atoms with Crippen molar-refractivity contribution in [3.05, 3.63) is 40.2 Å². The average Bonchev–Trinajstić information content (AvgIpc) is 2.05. The van der Waals surface area contributed by atoms with Crippen LogP contribution < -0.4 is 0 Å². The van der Waals surface area contributed by atoms with Crippen LogP contribution in [0.25, 0.3) is 0 Å². The molecule has 0 aliphatic rings. The molecular weight excluding hydrogens is 275 g/mol. The molecule has 0 amide bonds. The topological polar surface area (TPSA) is 12.9 Å². The third-order valence-corrected chi connectivity index (χ3v) is 2.01. The summed E-state index contributed by atoms with van der Waals surface area (Å²) in [6, 6.07) is 2.88. The molecule has 1 aromatic rings. The average molecular weight is 281 g/mol. The van der Waals surface area contributed by atoms with Crippen LogP contribution in [-0.2, 0) is 5.92 Å². The minimum atomic E-state index is -2.97. The lowest BCUT2D eigenvalue weighted by atomic mass is 10.1. The molecule has 1 nitrogen and oxygen atoms in total. The second-order valence-electron chi connectivity index (χ2n) is 2.20. The summed E-state index contributed by atoms with van der Waals surface area (Å²) in [4.78, 5) is 3.75. The fraction of sp³-hybridized carbons (Fsp3) is 0.125. The molecule has 0 aromatic carbocycles. The van der Waals surface area contributed by atoms with Crippen LogP contribution in [0, 0.1) is 3.70 Å². The molecular formula is C8H6F2IN. The molecule has 12 heavy (non-hydrogen) atoms. The number of pyridine rings is 1. The van der Waals surface area contributed by atoms with Crippen LogP contribution in [0.15, 0.2) is 31.0 Å². The minimum Gasteiger partial charge on any atom is -0.250 e. The van der Waals surface area contributed by atoms with E-state index in [1.165, 1.54) is 12.1 Å². The second kappa shape index (κ2) is 3.47. The largest absolute Gasteiger partial charge is 0.292 e. The molecule has 0 saturated carbocycles. The second-order valence-corrected chi connectivity index (χ2v) is 3.30. The smallest absolute Gasteiger partial charge is 0.250 e. The summed E-state index contributed by atoms with van der Waals surface area (Å²) in [6.45, 7) is 3.05. The van der Waals surface area contributed by atoms with E-state index in [-0.39, 0.29) is 5.56 Å². The summed E-state index contributed by atoms with van der Waals surface area (Å²) in [5, 5.41) is 0. The van der Waals surface area contributed by atoms with Gasteiger partial charge in [0.2, 0.25) is 0 Å². The maximum absolute atomic E-state index is 12.9. The number of aromatic nitrogens is 1. The van der Waals surface area contributed by atoms with Crippen molar-refractivity contribution >= 4 is 22.6 Å². The zero-order chi connectivity index (χ0) is 9.19. The van der Waals surface area contributed by atoms with Gasteiger partial charge in [-0.3, -0.25) is 0 Å². The molecule has 1 rings (SSSR count). The van der Waals surface area contributed by atoms with E-state index in [1.54, 1.807) is 0 Å². The van der Waals surface area contributed by atoms with E-state index < -0.39 is 5.92 Å². The molecule has 0 aliphatic carbocycles. The maximum Gasteiger partial charge on any atom is 0.292 e. The van der Waals surface area contributed by atoms with Crippen molar-refractivity contribution in [1.82, 2.24) is 4.98 Å². The fourth-order valence-corrected chi connectivity index (χ4v) is 1.01. The Hall–Kier alpha value is -0.520. The molecule has 64 valence electrons. The molecule has 4 heteroatoms. The Morgan fingerprint density at radius 3 is 2.58 bits per heavy atom. The van der Waals surface area contributed by atoms with Crippen LogP contribution >= 0.6 is 22.6 Å². The van der Waals surface area contributed by atoms with Crippen LogP contribution in [0.4, 0.5) is 8.78 Å². The predicted molar refractivity (Wildman–Crippen MR) is 51.0 cm³/mol. The van der Waals surface area contributed by atoms with Crippen molar-refractivity contribution in [2.45, 2.75) is 5.92 Å². The van der Waals surface area contributed by atoms with Gasteiger partial charge >= 0.3 is 0 Å². The van der Waals surface area contributed by atoms with E-state index in [0.717, 1.165) is 6.20 Å². The van der Waals surface area contributed by atoms with Gasteiger partial charge in [0.1, 0.15) is 3.70 Å². The third kappa shape index (κ3) is 2.00. The molecule has 0 N–H and O–H groups in total. The van der Waals surface area contributed by atoms with Gasteiger partial charge in [-0.2, -0.15) is 8.78 Å². The van der Waals surface area contributed by atoms with Crippen LogP contribution in [0.5, 0.6) is 0 Å². The van der Waals surface area contributed by atoms with Gasteiger partial charge in [0, 0.05) is 11.8 Å². The van der Waals surface area contributed by atoms with Crippen molar-refractivity contribution in [3.63, 3.8) is 0 Å². The van der Waals surface area contributed by atoms with Gasteiger partial charge in [0.25, 0.3) is 5.92 Å². The van der Waals surface area contributed by atoms with Crippen LogP contribution in [-0.4, -0.2) is 4.98 Å². The molecule has 0 fully saturated rings. The number of hydrogen-bond donors (Lipinski definition) is 0. The van der Waals surface area contributed by atoms with Gasteiger partial charge < -0.3 is 0 Å². The van der Waals surface area contributed by atoms with Crippen molar-refractivity contribution < 1.29 is 8.78 Å². The molecule has 0 radical (unpaired) electrons. The van der Waals surface area contributed by atoms with Gasteiger partial charge in [0.15, 0.2) is 0 Å². The fourth-order valence-electron chi connectivity index (χ4n) is 0.691. The van der Waals surface area contributed by atoms with Gasteiger partial charge in [-0.05, 0) is 40.8 Å². The lowest BCUT2D eigenvalue weighted by molar-refractivity contribution is 0.0521. The molecule has 0 aliphatic heterocycles. The summed E-state index contributed by atoms with van der Waals surface area (Å²) in [6.07, 6.45) is 1.76. The molecule has 0 unspecified atom stereocenters. The van der Waals surface area contributed by atoms with Crippen molar-refractivity contribution in [2.24, 2.45) is 0 Å². The molecule has 0 spiro atoms. The highest BCUT2D eigenvalue weighted by Crippen LogP contribution is 2.28. The normalized spacial score (nSPS) is 11.2. The Labute approximate surface area is 82.6 Å². The van der Waals surface area contributed by atoms with Crippen LogP contribution in [0.1, 0.15) is 5.56 Å². The third-order valence-electron chi connectivity index (χ3n) is 1.37. The van der Waals surface area contributed by atoms with E-state index in [2.05, 4.69) is 11.6 Å².